The van der Waals surface area contributed by atoms with Crippen LogP contribution in [0.15, 0.2) is 196 Å². The van der Waals surface area contributed by atoms with Gasteiger partial charge in [0.05, 0.1) is 0 Å². The van der Waals surface area contributed by atoms with Crippen LogP contribution in [0.25, 0.3) is 71.3 Å². The summed E-state index contributed by atoms with van der Waals surface area (Å²) in [6.07, 6.45) is 1.22. The zero-order valence-corrected chi connectivity index (χ0v) is 39.6. The van der Waals surface area contributed by atoms with Crippen LogP contribution in [-0.4, -0.2) is 29.0 Å². The maximum Gasteiger partial charge on any atom is 0.335 e. The van der Waals surface area contributed by atoms with Crippen LogP contribution in [0.3, 0.4) is 0 Å². The fourth-order valence-electron chi connectivity index (χ4n) is 8.29. The topological polar surface area (TPSA) is 26.3 Å². The molecule has 8 aromatic carbocycles. The van der Waals surface area contributed by atoms with Crippen LogP contribution in [0.1, 0.15) is 0 Å². The highest BCUT2D eigenvalue weighted by Gasteiger charge is 2.33. The molecule has 0 aliphatic heterocycles. The van der Waals surface area contributed by atoms with Gasteiger partial charge in [-0.3, -0.25) is 0 Å². The van der Waals surface area contributed by atoms with E-state index in [1.54, 1.807) is 0 Å². The number of thioether (sulfide) groups is 4. The Morgan fingerprint density at radius 2 is 0.794 bits per heavy atom. The Labute approximate surface area is 394 Å². The van der Waals surface area contributed by atoms with Gasteiger partial charge in [0.2, 0.25) is 0 Å². The Balaban J connectivity index is 1.02. The highest BCUT2D eigenvalue weighted by atomic mass is 32.2. The predicted molar refractivity (Wildman–Crippen MR) is 283 cm³/mol. The molecule has 2 nitrogen and oxygen atoms in total. The van der Waals surface area contributed by atoms with E-state index < -0.39 is 5.97 Å². The lowest BCUT2D eigenvalue weighted by Crippen LogP contribution is -2.33. The Bertz CT molecular complexity index is 3240. The van der Waals surface area contributed by atoms with Crippen molar-refractivity contribution in [3.05, 3.63) is 176 Å². The van der Waals surface area contributed by atoms with Crippen LogP contribution < -0.4 is 4.74 Å². The lowest BCUT2D eigenvalue weighted by molar-refractivity contribution is -0.128. The van der Waals surface area contributed by atoms with E-state index in [1.165, 1.54) is 86.2 Å². The van der Waals surface area contributed by atoms with E-state index in [1.807, 2.05) is 99.3 Å². The van der Waals surface area contributed by atoms with Crippen LogP contribution in [0, 0.1) is 5.41 Å². The molecule has 0 amide bonds. The first-order chi connectivity index (χ1) is 31.0. The molecule has 0 unspecified atom stereocenters. The molecule has 63 heavy (non-hydrogen) atoms. The monoisotopic (exact) mass is 942 g/mol. The fraction of sp³-hybridized carbons (Fsp3) is 0.0926. The molecule has 0 saturated carbocycles. The van der Waals surface area contributed by atoms with E-state index >= 15 is 0 Å². The van der Waals surface area contributed by atoms with Gasteiger partial charge in [0.15, 0.2) is 0 Å². The molecule has 0 N–H and O–H groups in total. The molecule has 0 fully saturated rings. The third kappa shape index (κ3) is 7.96. The summed E-state index contributed by atoms with van der Waals surface area (Å²) >= 11 is 13.7. The van der Waals surface area contributed by atoms with Crippen molar-refractivity contribution in [2.24, 2.45) is 5.41 Å². The Kier molecular flexibility index (Phi) is 11.5. The second kappa shape index (κ2) is 17.7. The normalized spacial score (nSPS) is 12.1. The van der Waals surface area contributed by atoms with Crippen molar-refractivity contribution in [3.63, 3.8) is 0 Å². The molecular weight excluding hydrogens is 905 g/mol. The SMILES string of the molecule is C=CC(=O)Oc1ccc(SCC(CSc2cccc3c2sc2ccccc23)(CSc2cccc3c2sc2ccccc23)CSc2cccc3c2sc2ccccc23)c2ccccc12. The molecule has 9 heteroatoms. The molecule has 0 radical (unpaired) electrons. The maximum absolute atomic E-state index is 12.4. The van der Waals surface area contributed by atoms with E-state index in [9.17, 15) is 4.79 Å². The maximum atomic E-state index is 12.4. The summed E-state index contributed by atoms with van der Waals surface area (Å²) in [7, 11) is 0. The lowest BCUT2D eigenvalue weighted by Gasteiger charge is -2.33. The average molecular weight is 943 g/mol. The average Bonchev–Trinajstić information content (AvgIpc) is 4.04. The lowest BCUT2D eigenvalue weighted by atomic mass is 9.99. The summed E-state index contributed by atoms with van der Waals surface area (Å²) in [5, 5.41) is 9.99. The minimum absolute atomic E-state index is 0.143. The molecule has 0 saturated heterocycles. The first-order valence-corrected chi connectivity index (χ1v) is 27.0. The van der Waals surface area contributed by atoms with Crippen LogP contribution in [-0.2, 0) is 4.79 Å². The number of hydrogen-bond acceptors (Lipinski definition) is 9. The Hall–Kier alpha value is -4.71. The molecule has 11 aromatic rings. The second-order valence-corrected chi connectivity index (χ2v) is 22.8. The van der Waals surface area contributed by atoms with E-state index in [-0.39, 0.29) is 5.41 Å². The largest absolute Gasteiger partial charge is 0.423 e. The number of benzene rings is 8. The number of rotatable bonds is 14. The van der Waals surface area contributed by atoms with Gasteiger partial charge in [0.25, 0.3) is 0 Å². The molecular formula is C54H38O2S7. The molecule has 0 bridgehead atoms. The molecule has 3 aromatic heterocycles. The number of hydrogen-bond donors (Lipinski definition) is 0. The van der Waals surface area contributed by atoms with Gasteiger partial charge in [-0.25, -0.2) is 4.79 Å². The number of esters is 1. The second-order valence-electron chi connectivity index (χ2n) is 15.6. The van der Waals surface area contributed by atoms with Gasteiger partial charge in [-0.1, -0.05) is 122 Å². The van der Waals surface area contributed by atoms with Gasteiger partial charge in [0.1, 0.15) is 5.75 Å². The van der Waals surface area contributed by atoms with Crippen molar-refractivity contribution in [2.45, 2.75) is 19.6 Å². The van der Waals surface area contributed by atoms with Crippen LogP contribution in [0.4, 0.5) is 0 Å². The number of thiophene rings is 3. The van der Waals surface area contributed by atoms with Gasteiger partial charge in [0, 0.05) is 120 Å². The highest BCUT2D eigenvalue weighted by molar-refractivity contribution is 8.02. The van der Waals surface area contributed by atoms with E-state index in [0.717, 1.165) is 33.8 Å². The molecule has 0 spiro atoms. The third-order valence-corrected chi connectivity index (χ3v) is 21.2. The minimum Gasteiger partial charge on any atom is -0.423 e. The molecule has 0 aliphatic rings. The number of carbonyl (C=O) groups is 1. The van der Waals surface area contributed by atoms with Crippen LogP contribution >= 0.6 is 81.1 Å². The first-order valence-electron chi connectivity index (χ1n) is 20.6. The van der Waals surface area contributed by atoms with Crippen LogP contribution in [0.5, 0.6) is 5.75 Å². The van der Waals surface area contributed by atoms with Crippen molar-refractivity contribution in [1.29, 1.82) is 0 Å². The third-order valence-electron chi connectivity index (χ3n) is 11.5. The fourth-order valence-corrected chi connectivity index (χ4v) is 18.1. The smallest absolute Gasteiger partial charge is 0.335 e. The molecule has 308 valence electrons. The van der Waals surface area contributed by atoms with E-state index in [2.05, 4.69) is 152 Å². The minimum atomic E-state index is -0.457. The predicted octanol–water partition coefficient (Wildman–Crippen LogP) is 17.5. The summed E-state index contributed by atoms with van der Waals surface area (Å²) in [5.41, 5.74) is -0.143. The summed E-state index contributed by atoms with van der Waals surface area (Å²) < 4.78 is 13.8. The van der Waals surface area contributed by atoms with Gasteiger partial charge < -0.3 is 4.74 Å². The Morgan fingerprint density at radius 1 is 0.429 bits per heavy atom. The van der Waals surface area contributed by atoms with Crippen LogP contribution in [0.2, 0.25) is 0 Å². The van der Waals surface area contributed by atoms with Crippen molar-refractivity contribution in [3.8, 4) is 5.75 Å². The summed E-state index contributed by atoms with van der Waals surface area (Å²) in [6, 6.07) is 59.3. The van der Waals surface area contributed by atoms with Gasteiger partial charge in [-0.2, -0.15) is 0 Å². The van der Waals surface area contributed by atoms with Crippen molar-refractivity contribution >= 4 is 158 Å². The van der Waals surface area contributed by atoms with Crippen molar-refractivity contribution in [1.82, 2.24) is 0 Å². The zero-order valence-electron chi connectivity index (χ0n) is 33.9. The van der Waals surface area contributed by atoms with Gasteiger partial charge in [-0.05, 0) is 53.9 Å². The number of carbonyl (C=O) groups excluding carboxylic acids is 1. The summed E-state index contributed by atoms with van der Waals surface area (Å²) in [6.45, 7) is 3.63. The van der Waals surface area contributed by atoms with Crippen molar-refractivity contribution < 1.29 is 9.53 Å². The zero-order chi connectivity index (χ0) is 42.3. The van der Waals surface area contributed by atoms with Crippen molar-refractivity contribution in [2.75, 3.05) is 23.0 Å². The van der Waals surface area contributed by atoms with Gasteiger partial charge in [-0.15, -0.1) is 81.1 Å². The highest BCUT2D eigenvalue weighted by Crippen LogP contribution is 2.49. The van der Waals surface area contributed by atoms with Gasteiger partial charge >= 0.3 is 5.97 Å². The summed E-state index contributed by atoms with van der Waals surface area (Å²) in [5.74, 6) is 3.79. The number of fused-ring (bicyclic) bond motifs is 10. The Morgan fingerprint density at radius 3 is 1.22 bits per heavy atom. The molecule has 0 aliphatic carbocycles. The quantitative estimate of drug-likeness (QED) is 0.0466. The van der Waals surface area contributed by atoms with E-state index in [4.69, 9.17) is 4.74 Å². The number of ether oxygens (including phenoxy) is 1. The first kappa shape index (κ1) is 41.0. The molecule has 11 rings (SSSR count). The molecule has 0 atom stereocenters. The standard InChI is InChI=1S/C54H38O2S7/c1-2-50(55)56-42-28-29-43(35-15-4-3-14-34(35)42)57-30-54(31-58-47-25-11-19-39-36-16-5-8-22-44(36)61-51(39)47,32-59-48-26-12-20-40-37-17-6-9-23-45(37)62-52(40)48)33-60-49-27-13-21-41-38-18-7-10-24-46(38)63-53(41)49/h2-29H,1,30-33H2. The van der Waals surface area contributed by atoms with E-state index in [0.29, 0.717) is 5.75 Å². The summed E-state index contributed by atoms with van der Waals surface area (Å²) in [4.78, 5) is 17.6. The molecule has 3 heterocycles.